The molecule has 13 nitrogen and oxygen atoms in total. The van der Waals surface area contributed by atoms with Crippen LogP contribution in [0.3, 0.4) is 0 Å². The van der Waals surface area contributed by atoms with Gasteiger partial charge < -0.3 is 34.0 Å². The van der Waals surface area contributed by atoms with E-state index in [1.807, 2.05) is 23.1 Å². The first kappa shape index (κ1) is 37.8. The predicted molar refractivity (Wildman–Crippen MR) is 187 cm³/mol. The maximum atomic E-state index is 13.4. The Morgan fingerprint density at radius 2 is 1.24 bits per heavy atom. The van der Waals surface area contributed by atoms with Crippen LogP contribution in [0.5, 0.6) is 0 Å². The number of allylic oxidation sites excluding steroid dienone is 2. The number of nitrogens with one attached hydrogen (secondary N) is 1. The van der Waals surface area contributed by atoms with Gasteiger partial charge in [0.15, 0.2) is 0 Å². The SMILES string of the molecule is O=C(CCOCCOCCOCCOCCC(=O)ON1C(=O)CCC1=O)NCCCCCC(=O)N1Cc2ccccc2C2=C(C2)c2ccccc21. The van der Waals surface area contributed by atoms with Gasteiger partial charge in [-0.25, -0.2) is 4.79 Å². The molecular weight excluding hydrogens is 658 g/mol. The summed E-state index contributed by atoms with van der Waals surface area (Å²) in [5, 5.41) is 3.44. The highest BCUT2D eigenvalue weighted by molar-refractivity contribution is 6.12. The van der Waals surface area contributed by atoms with Gasteiger partial charge in [-0.3, -0.25) is 19.2 Å². The third-order valence-corrected chi connectivity index (χ3v) is 8.71. The smallest absolute Gasteiger partial charge is 0.335 e. The number of carbonyl (C=O) groups is 5. The van der Waals surface area contributed by atoms with Gasteiger partial charge in [0.1, 0.15) is 0 Å². The topological polar surface area (TPSA) is 150 Å². The number of hydroxylamine groups is 2. The Morgan fingerprint density at radius 3 is 1.94 bits per heavy atom. The molecule has 2 aromatic carbocycles. The van der Waals surface area contributed by atoms with Crippen LogP contribution < -0.4 is 10.2 Å². The van der Waals surface area contributed by atoms with E-state index in [0.29, 0.717) is 64.2 Å². The lowest BCUT2D eigenvalue weighted by Gasteiger charge is -2.27. The van der Waals surface area contributed by atoms with Crippen LogP contribution in [-0.2, 0) is 54.3 Å². The van der Waals surface area contributed by atoms with Crippen molar-refractivity contribution < 1.29 is 47.8 Å². The van der Waals surface area contributed by atoms with E-state index in [1.165, 1.54) is 22.3 Å². The largest absolute Gasteiger partial charge is 0.379 e. The van der Waals surface area contributed by atoms with Crippen LogP contribution in [0.15, 0.2) is 48.5 Å². The molecule has 2 aromatic rings. The van der Waals surface area contributed by atoms with Crippen LogP contribution in [-0.4, -0.2) is 94.1 Å². The van der Waals surface area contributed by atoms with Crippen LogP contribution in [0.25, 0.3) is 11.1 Å². The number of para-hydroxylation sites is 1. The number of carbonyl (C=O) groups excluding carboxylic acids is 5. The fourth-order valence-corrected chi connectivity index (χ4v) is 5.96. The molecule has 0 saturated carbocycles. The highest BCUT2D eigenvalue weighted by atomic mass is 16.7. The molecule has 1 N–H and O–H groups in total. The van der Waals surface area contributed by atoms with Gasteiger partial charge in [-0.05, 0) is 47.6 Å². The van der Waals surface area contributed by atoms with Crippen molar-refractivity contribution in [2.75, 3.05) is 64.3 Å². The Labute approximate surface area is 298 Å². The Kier molecular flexibility index (Phi) is 14.7. The van der Waals surface area contributed by atoms with Crippen molar-refractivity contribution in [3.05, 3.63) is 65.2 Å². The summed E-state index contributed by atoms with van der Waals surface area (Å²) in [6, 6.07) is 16.6. The second-order valence-electron chi connectivity index (χ2n) is 12.4. The standard InChI is InChI=1S/C38H47N3O10/c42-34(15-18-47-20-22-49-24-25-50-23-21-48-19-16-38(46)51-41-36(44)13-14-37(41)45)39-17-7-1-2-12-35(43)40-27-28-8-3-4-9-29(28)31-26-32(31)30-10-5-6-11-33(30)40/h3-6,8-11H,1-2,7,12-27H2,(H,39,42). The molecule has 0 bridgehead atoms. The number of fused-ring (bicyclic) bond motifs is 4. The molecule has 0 aromatic heterocycles. The van der Waals surface area contributed by atoms with E-state index < -0.39 is 17.8 Å². The van der Waals surface area contributed by atoms with Crippen molar-refractivity contribution in [1.29, 1.82) is 0 Å². The Morgan fingerprint density at radius 1 is 0.647 bits per heavy atom. The lowest BCUT2D eigenvalue weighted by Crippen LogP contribution is -2.32. The molecule has 0 atom stereocenters. The summed E-state index contributed by atoms with van der Waals surface area (Å²) in [4.78, 5) is 66.9. The molecule has 1 aliphatic carbocycles. The normalized spacial score (nSPS) is 14.8. The van der Waals surface area contributed by atoms with Crippen molar-refractivity contribution in [1.82, 2.24) is 10.4 Å². The number of rotatable bonds is 22. The van der Waals surface area contributed by atoms with Gasteiger partial charge in [0.2, 0.25) is 11.8 Å². The van der Waals surface area contributed by atoms with Crippen molar-refractivity contribution in [3.63, 3.8) is 0 Å². The van der Waals surface area contributed by atoms with Crippen molar-refractivity contribution >= 4 is 46.4 Å². The minimum atomic E-state index is -0.708. The van der Waals surface area contributed by atoms with E-state index in [0.717, 1.165) is 36.9 Å². The maximum absolute atomic E-state index is 13.4. The minimum Gasteiger partial charge on any atom is -0.379 e. The summed E-state index contributed by atoms with van der Waals surface area (Å²) in [7, 11) is 0. The predicted octanol–water partition coefficient (Wildman–Crippen LogP) is 3.98. The number of amides is 4. The molecular formula is C38H47N3O10. The summed E-state index contributed by atoms with van der Waals surface area (Å²) in [5.41, 5.74) is 7.33. The monoisotopic (exact) mass is 705 g/mol. The zero-order valence-electron chi connectivity index (χ0n) is 29.0. The van der Waals surface area contributed by atoms with Crippen LogP contribution in [0.4, 0.5) is 5.69 Å². The van der Waals surface area contributed by atoms with Crippen molar-refractivity contribution in [3.8, 4) is 0 Å². The van der Waals surface area contributed by atoms with Gasteiger partial charge in [0.25, 0.3) is 11.8 Å². The van der Waals surface area contributed by atoms with E-state index >= 15 is 0 Å². The highest BCUT2D eigenvalue weighted by Crippen LogP contribution is 2.52. The first-order chi connectivity index (χ1) is 24.9. The lowest BCUT2D eigenvalue weighted by molar-refractivity contribution is -0.198. The fourth-order valence-electron chi connectivity index (χ4n) is 5.96. The van der Waals surface area contributed by atoms with Crippen LogP contribution in [0, 0.1) is 0 Å². The summed E-state index contributed by atoms with van der Waals surface area (Å²) >= 11 is 0. The van der Waals surface area contributed by atoms with Crippen LogP contribution >= 0.6 is 0 Å². The van der Waals surface area contributed by atoms with Gasteiger partial charge in [0, 0.05) is 37.8 Å². The van der Waals surface area contributed by atoms with Crippen molar-refractivity contribution in [2.45, 2.75) is 64.3 Å². The average Bonchev–Trinajstić information content (AvgIpc) is 3.86. The number of unbranched alkanes of at least 4 members (excludes halogenated alkanes) is 2. The first-order valence-corrected chi connectivity index (χ1v) is 17.8. The summed E-state index contributed by atoms with van der Waals surface area (Å²) < 4.78 is 21.6. The number of imide groups is 1. The summed E-state index contributed by atoms with van der Waals surface area (Å²) in [6.07, 6.45) is 4.13. The average molecular weight is 706 g/mol. The van der Waals surface area contributed by atoms with E-state index in [2.05, 4.69) is 35.6 Å². The van der Waals surface area contributed by atoms with E-state index in [9.17, 15) is 24.0 Å². The Hall–Kier alpha value is -4.43. The van der Waals surface area contributed by atoms with Gasteiger partial charge >= 0.3 is 5.97 Å². The first-order valence-electron chi connectivity index (χ1n) is 17.8. The van der Waals surface area contributed by atoms with Crippen LogP contribution in [0.1, 0.15) is 74.5 Å². The molecule has 51 heavy (non-hydrogen) atoms. The molecule has 3 aliphatic rings. The zero-order chi connectivity index (χ0) is 35.8. The summed E-state index contributed by atoms with van der Waals surface area (Å²) in [6.45, 7) is 3.56. The van der Waals surface area contributed by atoms with Gasteiger partial charge in [-0.2, -0.15) is 0 Å². The third kappa shape index (κ3) is 11.5. The molecule has 2 heterocycles. The molecule has 13 heteroatoms. The van der Waals surface area contributed by atoms with Gasteiger partial charge in [0.05, 0.1) is 71.5 Å². The van der Waals surface area contributed by atoms with Crippen molar-refractivity contribution in [2.24, 2.45) is 0 Å². The van der Waals surface area contributed by atoms with E-state index in [1.54, 1.807) is 0 Å². The van der Waals surface area contributed by atoms with Gasteiger partial charge in [-0.1, -0.05) is 48.9 Å². The number of ether oxygens (including phenoxy) is 4. The Balaban J connectivity index is 0.814. The third-order valence-electron chi connectivity index (χ3n) is 8.71. The number of hydrogen-bond donors (Lipinski definition) is 1. The molecule has 0 radical (unpaired) electrons. The molecule has 5 rings (SSSR count). The second kappa shape index (κ2) is 19.8. The Bertz CT molecular complexity index is 1560. The fraction of sp³-hybridized carbons (Fsp3) is 0.500. The van der Waals surface area contributed by atoms with E-state index in [-0.39, 0.29) is 50.7 Å². The minimum absolute atomic E-state index is 0.0519. The molecule has 2 aliphatic heterocycles. The molecule has 1 fully saturated rings. The number of nitrogens with zero attached hydrogens (tertiary/aromatic N) is 2. The maximum Gasteiger partial charge on any atom is 0.335 e. The van der Waals surface area contributed by atoms with Crippen LogP contribution in [0.2, 0.25) is 0 Å². The number of hydrogen-bond acceptors (Lipinski definition) is 10. The molecule has 4 amide bonds. The quantitative estimate of drug-likeness (QED) is 0.141. The molecule has 1 saturated heterocycles. The molecule has 0 spiro atoms. The second-order valence-corrected chi connectivity index (χ2v) is 12.4. The summed E-state index contributed by atoms with van der Waals surface area (Å²) in [5.74, 6) is -1.69. The van der Waals surface area contributed by atoms with E-state index in [4.69, 9.17) is 23.8 Å². The van der Waals surface area contributed by atoms with Gasteiger partial charge in [-0.15, -0.1) is 5.06 Å². The highest BCUT2D eigenvalue weighted by Gasteiger charge is 2.34. The molecule has 0 unspecified atom stereocenters. The zero-order valence-corrected chi connectivity index (χ0v) is 29.0. The lowest BCUT2D eigenvalue weighted by atomic mass is 10.0. The number of anilines is 1. The number of benzene rings is 2. The molecule has 274 valence electrons.